The van der Waals surface area contributed by atoms with E-state index >= 15 is 0 Å². The Kier molecular flexibility index (Phi) is 10.9. The highest BCUT2D eigenvalue weighted by Crippen LogP contribution is 2.38. The van der Waals surface area contributed by atoms with Crippen LogP contribution in [0.2, 0.25) is 0 Å². The Morgan fingerprint density at radius 3 is 2.56 bits per heavy atom. The summed E-state index contributed by atoms with van der Waals surface area (Å²) in [4.78, 5) is 15.7. The molecule has 0 saturated heterocycles. The molecule has 2 rings (SSSR count). The number of ether oxygens (including phenoxy) is 1. The van der Waals surface area contributed by atoms with Crippen LogP contribution in [0.4, 0.5) is 0 Å². The molecule has 6 heteroatoms. The highest BCUT2D eigenvalue weighted by molar-refractivity contribution is 5.78. The summed E-state index contributed by atoms with van der Waals surface area (Å²) >= 11 is 0. The number of unbranched alkanes of at least 4 members (excludes halogenated alkanes) is 1. The molecule has 1 aliphatic rings. The molecule has 0 aliphatic heterocycles. The maximum atomic E-state index is 12.9. The number of hydrogen-bond donors (Lipinski definition) is 1. The summed E-state index contributed by atoms with van der Waals surface area (Å²) in [5.41, 5.74) is 11.6. The van der Waals surface area contributed by atoms with E-state index in [1.807, 2.05) is 0 Å². The van der Waals surface area contributed by atoms with Gasteiger partial charge in [0.1, 0.15) is 5.75 Å². The van der Waals surface area contributed by atoms with Gasteiger partial charge in [0, 0.05) is 28.9 Å². The van der Waals surface area contributed by atoms with Gasteiger partial charge in [0.05, 0.1) is 0 Å². The zero-order valence-corrected chi connectivity index (χ0v) is 20.6. The molecule has 1 aliphatic carbocycles. The van der Waals surface area contributed by atoms with Crippen molar-refractivity contribution in [2.45, 2.75) is 104 Å². The van der Waals surface area contributed by atoms with Crippen molar-refractivity contribution in [2.75, 3.05) is 13.3 Å². The van der Waals surface area contributed by atoms with Crippen LogP contribution in [-0.4, -0.2) is 19.2 Å². The Balaban J connectivity index is 2.11. The van der Waals surface area contributed by atoms with Crippen LogP contribution >= 0.6 is 0 Å². The Bertz CT molecular complexity index is 776. The van der Waals surface area contributed by atoms with Crippen LogP contribution in [0.1, 0.15) is 102 Å². The van der Waals surface area contributed by atoms with Crippen LogP contribution in [0.15, 0.2) is 17.2 Å². The van der Waals surface area contributed by atoms with E-state index < -0.39 is 5.41 Å². The Morgan fingerprint density at radius 1 is 1.22 bits per heavy atom. The largest absolute Gasteiger partial charge is 0.487 e. The molecule has 1 aromatic rings. The van der Waals surface area contributed by atoms with Crippen LogP contribution in [0.3, 0.4) is 0 Å². The second-order valence-corrected chi connectivity index (χ2v) is 9.97. The van der Waals surface area contributed by atoms with Gasteiger partial charge in [-0.3, -0.25) is 4.79 Å². The molecule has 1 N–H and O–H groups in total. The number of carbonyl (C=O) groups excluding carboxylic acids is 1. The maximum Gasteiger partial charge on any atom is 0.220 e. The van der Waals surface area contributed by atoms with Crippen molar-refractivity contribution in [2.24, 2.45) is 11.0 Å². The SMILES string of the molecule is CCCCc1cc(C)c(C(C)(C)CC(=O)NCC2CCCCCCC2)c(OCN=[N+]=[N-])c1. The number of amides is 1. The lowest BCUT2D eigenvalue weighted by molar-refractivity contribution is -0.122. The first-order valence-electron chi connectivity index (χ1n) is 12.4. The third kappa shape index (κ3) is 8.38. The van der Waals surface area contributed by atoms with E-state index in [-0.39, 0.29) is 12.6 Å². The molecule has 0 unspecified atom stereocenters. The van der Waals surface area contributed by atoms with E-state index in [0.29, 0.717) is 12.3 Å². The molecule has 1 amide bonds. The van der Waals surface area contributed by atoms with Crippen molar-refractivity contribution in [3.8, 4) is 5.75 Å². The minimum atomic E-state index is -0.399. The number of azide groups is 1. The summed E-state index contributed by atoms with van der Waals surface area (Å²) in [6.45, 7) is 9.18. The van der Waals surface area contributed by atoms with E-state index in [9.17, 15) is 4.79 Å². The first kappa shape index (κ1) is 26.1. The quantitative estimate of drug-likeness (QED) is 0.224. The molecule has 0 aromatic heterocycles. The van der Waals surface area contributed by atoms with Crippen LogP contribution in [0.5, 0.6) is 5.75 Å². The molecule has 1 fully saturated rings. The van der Waals surface area contributed by atoms with Gasteiger partial charge < -0.3 is 10.1 Å². The van der Waals surface area contributed by atoms with Gasteiger partial charge in [-0.15, -0.1) is 0 Å². The molecule has 0 heterocycles. The van der Waals surface area contributed by atoms with Crippen molar-refractivity contribution in [1.82, 2.24) is 5.32 Å². The standard InChI is InChI=1S/C26H42N4O2/c1-5-6-12-22-15-20(2)25(23(16-22)32-19-29-30-27)26(3,4)17-24(31)28-18-21-13-10-8-7-9-11-14-21/h15-16,21H,5-14,17-19H2,1-4H3,(H,28,31). The predicted molar refractivity (Wildman–Crippen MR) is 131 cm³/mol. The van der Waals surface area contributed by atoms with Crippen LogP contribution in [0, 0.1) is 12.8 Å². The van der Waals surface area contributed by atoms with Crippen molar-refractivity contribution in [3.05, 3.63) is 39.3 Å². The van der Waals surface area contributed by atoms with Crippen molar-refractivity contribution >= 4 is 5.91 Å². The van der Waals surface area contributed by atoms with Gasteiger partial charge in [0.15, 0.2) is 6.73 Å². The first-order chi connectivity index (χ1) is 15.4. The number of benzene rings is 1. The number of carbonyl (C=O) groups is 1. The summed E-state index contributed by atoms with van der Waals surface area (Å²) in [6, 6.07) is 4.26. The van der Waals surface area contributed by atoms with Crippen LogP contribution in [0.25, 0.3) is 10.4 Å². The zero-order chi connectivity index (χ0) is 23.4. The molecular formula is C26H42N4O2. The molecule has 0 radical (unpaired) electrons. The molecule has 0 spiro atoms. The highest BCUT2D eigenvalue weighted by atomic mass is 16.5. The predicted octanol–water partition coefficient (Wildman–Crippen LogP) is 7.13. The average molecular weight is 443 g/mol. The monoisotopic (exact) mass is 442 g/mol. The summed E-state index contributed by atoms with van der Waals surface area (Å²) in [6.07, 6.45) is 12.6. The van der Waals surface area contributed by atoms with Gasteiger partial charge in [-0.05, 0) is 61.2 Å². The highest BCUT2D eigenvalue weighted by Gasteiger charge is 2.30. The molecular weight excluding hydrogens is 400 g/mol. The lowest BCUT2D eigenvalue weighted by Crippen LogP contribution is -2.35. The number of aryl methyl sites for hydroxylation is 2. The Hall–Kier alpha value is -2.20. The second-order valence-electron chi connectivity index (χ2n) is 9.97. The molecule has 1 aromatic carbocycles. The molecule has 6 nitrogen and oxygen atoms in total. The number of rotatable bonds is 11. The fourth-order valence-electron chi connectivity index (χ4n) is 5.01. The molecule has 32 heavy (non-hydrogen) atoms. The third-order valence-electron chi connectivity index (χ3n) is 6.61. The topological polar surface area (TPSA) is 87.1 Å². The second kappa shape index (κ2) is 13.4. The molecule has 178 valence electrons. The fraction of sp³-hybridized carbons (Fsp3) is 0.731. The average Bonchev–Trinajstić information content (AvgIpc) is 2.70. The van der Waals surface area contributed by atoms with Gasteiger partial charge in [-0.1, -0.05) is 70.5 Å². The van der Waals surface area contributed by atoms with Gasteiger partial charge in [0.25, 0.3) is 0 Å². The summed E-state index contributed by atoms with van der Waals surface area (Å²) in [5.74, 6) is 1.42. The first-order valence-corrected chi connectivity index (χ1v) is 12.4. The minimum Gasteiger partial charge on any atom is -0.487 e. The smallest absolute Gasteiger partial charge is 0.220 e. The number of nitrogens with one attached hydrogen (secondary N) is 1. The molecule has 0 atom stereocenters. The molecule has 1 saturated carbocycles. The van der Waals surface area contributed by atoms with Crippen molar-refractivity contribution < 1.29 is 9.53 Å². The minimum absolute atomic E-state index is 0.0515. The van der Waals surface area contributed by atoms with E-state index in [0.717, 1.165) is 42.7 Å². The van der Waals surface area contributed by atoms with Crippen molar-refractivity contribution in [3.63, 3.8) is 0 Å². The lowest BCUT2D eigenvalue weighted by Gasteiger charge is -2.30. The van der Waals surface area contributed by atoms with Crippen LogP contribution < -0.4 is 10.1 Å². The Morgan fingerprint density at radius 2 is 1.91 bits per heavy atom. The van der Waals surface area contributed by atoms with E-state index in [1.54, 1.807) is 0 Å². The number of nitrogens with zero attached hydrogens (tertiary/aromatic N) is 3. The third-order valence-corrected chi connectivity index (χ3v) is 6.61. The van der Waals surface area contributed by atoms with E-state index in [4.69, 9.17) is 10.3 Å². The van der Waals surface area contributed by atoms with Gasteiger partial charge in [0.2, 0.25) is 5.91 Å². The lowest BCUT2D eigenvalue weighted by atomic mass is 9.77. The van der Waals surface area contributed by atoms with Gasteiger partial charge in [-0.25, -0.2) is 0 Å². The normalized spacial score (nSPS) is 15.4. The van der Waals surface area contributed by atoms with E-state index in [2.05, 4.69) is 55.2 Å². The molecule has 0 bridgehead atoms. The maximum absolute atomic E-state index is 12.9. The summed E-state index contributed by atoms with van der Waals surface area (Å²) < 4.78 is 5.88. The number of hydrogen-bond acceptors (Lipinski definition) is 3. The zero-order valence-electron chi connectivity index (χ0n) is 20.6. The van der Waals surface area contributed by atoms with Gasteiger partial charge >= 0.3 is 0 Å². The summed E-state index contributed by atoms with van der Waals surface area (Å²) in [5, 5.41) is 6.76. The van der Waals surface area contributed by atoms with E-state index in [1.165, 1.54) is 50.5 Å². The van der Waals surface area contributed by atoms with Crippen molar-refractivity contribution in [1.29, 1.82) is 0 Å². The summed E-state index contributed by atoms with van der Waals surface area (Å²) in [7, 11) is 0. The Labute approximate surface area is 194 Å². The van der Waals surface area contributed by atoms with Gasteiger partial charge in [-0.2, -0.15) is 0 Å². The van der Waals surface area contributed by atoms with Crippen LogP contribution in [-0.2, 0) is 16.6 Å². The fourth-order valence-corrected chi connectivity index (χ4v) is 5.01.